The molecule has 0 spiro atoms. The summed E-state index contributed by atoms with van der Waals surface area (Å²) in [7, 11) is 1.60. The Hall–Kier alpha value is -2.70. The largest absolute Gasteiger partial charge is 0.384 e. The van der Waals surface area contributed by atoms with Gasteiger partial charge in [-0.05, 0) is 23.9 Å². The van der Waals surface area contributed by atoms with Gasteiger partial charge in [-0.25, -0.2) is 9.97 Å². The summed E-state index contributed by atoms with van der Waals surface area (Å²) in [6.45, 7) is 0.406. The van der Waals surface area contributed by atoms with Gasteiger partial charge in [0, 0.05) is 19.1 Å². The Labute approximate surface area is 155 Å². The van der Waals surface area contributed by atoms with Crippen LogP contribution >= 0.6 is 11.8 Å². The second-order valence-corrected chi connectivity index (χ2v) is 6.82. The lowest BCUT2D eigenvalue weighted by molar-refractivity contribution is -0.111. The van der Waals surface area contributed by atoms with Gasteiger partial charge in [0.25, 0.3) is 0 Å². The predicted molar refractivity (Wildman–Crippen MR) is 103 cm³/mol. The number of benzene rings is 1. The molecule has 0 fully saturated rings. The zero-order valence-electron chi connectivity index (χ0n) is 14.3. The van der Waals surface area contributed by atoms with Crippen LogP contribution in [-0.2, 0) is 9.53 Å². The van der Waals surface area contributed by atoms with Gasteiger partial charge in [0.05, 0.1) is 17.6 Å². The smallest absolute Gasteiger partial charge is 0.236 e. The number of nitrogens with zero attached hydrogens (tertiary/aromatic N) is 3. The van der Waals surface area contributed by atoms with Crippen LogP contribution < -0.4 is 0 Å². The standard InChI is InChI=1S/C20H17N3O2S/c1-25-13-12-17(24)26-19-18(14-8-4-2-5-9-14)22-20-21-15-10-6-3-7-11-16(15)23(19)20/h2-11H,12-13H2,1H3. The van der Waals surface area contributed by atoms with E-state index in [-0.39, 0.29) is 5.12 Å². The van der Waals surface area contributed by atoms with Crippen molar-refractivity contribution >= 4 is 33.7 Å². The lowest BCUT2D eigenvalue weighted by Gasteiger charge is -2.04. The maximum Gasteiger partial charge on any atom is 0.236 e. The normalized spacial score (nSPS) is 11.3. The molecule has 0 aliphatic carbocycles. The maximum absolute atomic E-state index is 12.4. The molecule has 2 aromatic carbocycles. The Morgan fingerprint density at radius 2 is 1.77 bits per heavy atom. The van der Waals surface area contributed by atoms with E-state index in [1.807, 2.05) is 65.1 Å². The molecule has 26 heavy (non-hydrogen) atoms. The van der Waals surface area contributed by atoms with E-state index in [1.165, 1.54) is 11.8 Å². The van der Waals surface area contributed by atoms with Crippen LogP contribution in [0.2, 0.25) is 0 Å². The monoisotopic (exact) mass is 363 g/mol. The summed E-state index contributed by atoms with van der Waals surface area (Å²) < 4.78 is 7.00. The molecule has 2 heterocycles. The van der Waals surface area contributed by atoms with Crippen LogP contribution in [0.5, 0.6) is 0 Å². The van der Waals surface area contributed by atoms with Crippen molar-refractivity contribution in [2.24, 2.45) is 0 Å². The predicted octanol–water partition coefficient (Wildman–Crippen LogP) is 4.20. The molecule has 2 aromatic heterocycles. The lowest BCUT2D eigenvalue weighted by atomic mass is 10.2. The van der Waals surface area contributed by atoms with E-state index >= 15 is 0 Å². The Morgan fingerprint density at radius 3 is 2.54 bits per heavy atom. The molecule has 0 bridgehead atoms. The summed E-state index contributed by atoms with van der Waals surface area (Å²) in [6.07, 6.45) is 0.350. The van der Waals surface area contributed by atoms with Crippen molar-refractivity contribution in [3.05, 3.63) is 60.7 Å². The average molecular weight is 363 g/mol. The van der Waals surface area contributed by atoms with Gasteiger partial charge in [-0.1, -0.05) is 48.5 Å². The van der Waals surface area contributed by atoms with Crippen LogP contribution in [0.3, 0.4) is 0 Å². The van der Waals surface area contributed by atoms with Crippen molar-refractivity contribution in [2.75, 3.05) is 13.7 Å². The number of methoxy groups -OCH3 is 1. The van der Waals surface area contributed by atoms with Crippen molar-refractivity contribution in [3.63, 3.8) is 0 Å². The van der Waals surface area contributed by atoms with Gasteiger partial charge in [0.2, 0.25) is 5.78 Å². The second-order valence-electron chi connectivity index (χ2n) is 5.78. The molecular formula is C20H17N3O2S. The molecule has 0 unspecified atom stereocenters. The molecule has 4 aromatic rings. The number of aromatic nitrogens is 3. The topological polar surface area (TPSA) is 56.5 Å². The van der Waals surface area contributed by atoms with Gasteiger partial charge in [-0.3, -0.25) is 9.20 Å². The van der Waals surface area contributed by atoms with Crippen molar-refractivity contribution < 1.29 is 9.53 Å². The summed E-state index contributed by atoms with van der Waals surface area (Å²) in [5.74, 6) is 0.604. The summed E-state index contributed by atoms with van der Waals surface area (Å²) in [6, 6.07) is 19.7. The van der Waals surface area contributed by atoms with Crippen molar-refractivity contribution in [3.8, 4) is 11.3 Å². The third-order valence-electron chi connectivity index (χ3n) is 4.04. The van der Waals surface area contributed by atoms with Crippen molar-refractivity contribution in [2.45, 2.75) is 11.4 Å². The van der Waals surface area contributed by atoms with E-state index in [1.54, 1.807) is 7.11 Å². The van der Waals surface area contributed by atoms with Crippen LogP contribution in [0.1, 0.15) is 6.42 Å². The number of thioether (sulfide) groups is 1. The van der Waals surface area contributed by atoms with Gasteiger partial charge in [-0.2, -0.15) is 0 Å². The highest BCUT2D eigenvalue weighted by atomic mass is 32.2. The lowest BCUT2D eigenvalue weighted by Crippen LogP contribution is -1.99. The molecule has 5 nitrogen and oxygen atoms in total. The minimum Gasteiger partial charge on any atom is -0.384 e. The quantitative estimate of drug-likeness (QED) is 0.497. The zero-order chi connectivity index (χ0) is 17.9. The molecule has 0 N–H and O–H groups in total. The first kappa shape index (κ1) is 16.8. The van der Waals surface area contributed by atoms with E-state index in [4.69, 9.17) is 9.72 Å². The number of hydrogen-bond donors (Lipinski definition) is 0. The highest BCUT2D eigenvalue weighted by molar-refractivity contribution is 8.13. The van der Waals surface area contributed by atoms with E-state index in [0.717, 1.165) is 27.3 Å². The number of imidazole rings is 2. The van der Waals surface area contributed by atoms with Crippen LogP contribution in [-0.4, -0.2) is 33.2 Å². The number of fused-ring (bicyclic) bond motifs is 3. The summed E-state index contributed by atoms with van der Waals surface area (Å²) >= 11 is 1.20. The van der Waals surface area contributed by atoms with Gasteiger partial charge in [0.15, 0.2) is 5.12 Å². The highest BCUT2D eigenvalue weighted by Gasteiger charge is 2.21. The summed E-state index contributed by atoms with van der Waals surface area (Å²) in [5, 5.41) is 0.835. The van der Waals surface area contributed by atoms with E-state index in [9.17, 15) is 4.79 Å². The fraction of sp³-hybridized carbons (Fsp3) is 0.150. The zero-order valence-corrected chi connectivity index (χ0v) is 15.1. The molecule has 130 valence electrons. The molecule has 4 rings (SSSR count). The van der Waals surface area contributed by atoms with E-state index < -0.39 is 0 Å². The first-order valence-electron chi connectivity index (χ1n) is 8.30. The number of carbonyl (C=O) groups is 1. The van der Waals surface area contributed by atoms with Gasteiger partial charge in [-0.15, -0.1) is 0 Å². The molecule has 0 atom stereocenters. The van der Waals surface area contributed by atoms with Gasteiger partial charge in [0.1, 0.15) is 10.7 Å². The minimum absolute atomic E-state index is 0.0421. The third kappa shape index (κ3) is 3.09. The Bertz CT molecular complexity index is 1080. The van der Waals surface area contributed by atoms with E-state index in [2.05, 4.69) is 4.98 Å². The van der Waals surface area contributed by atoms with Crippen LogP contribution in [0.25, 0.3) is 28.1 Å². The van der Waals surface area contributed by atoms with E-state index in [0.29, 0.717) is 18.8 Å². The second kappa shape index (κ2) is 7.27. The number of hydrogen-bond acceptors (Lipinski definition) is 5. The molecule has 0 aliphatic rings. The third-order valence-corrected chi connectivity index (χ3v) is 5.04. The van der Waals surface area contributed by atoms with Crippen LogP contribution in [0, 0.1) is 0 Å². The molecular weight excluding hydrogens is 346 g/mol. The number of rotatable bonds is 5. The highest BCUT2D eigenvalue weighted by Crippen LogP contribution is 2.35. The fourth-order valence-electron chi connectivity index (χ4n) is 2.83. The van der Waals surface area contributed by atoms with Crippen LogP contribution in [0.4, 0.5) is 0 Å². The summed E-state index contributed by atoms with van der Waals surface area (Å²) in [5.41, 5.74) is 3.52. The molecule has 0 saturated heterocycles. The SMILES string of the molecule is COCCC(=O)Sc1c(-c2ccccc2)nc2nc3cccccc3n12. The first-order valence-corrected chi connectivity index (χ1v) is 9.12. The molecule has 0 amide bonds. The number of ether oxygens (including phenoxy) is 1. The average Bonchev–Trinajstić information content (AvgIpc) is 3.08. The molecule has 0 aliphatic heterocycles. The minimum atomic E-state index is 0.0421. The van der Waals surface area contributed by atoms with Crippen molar-refractivity contribution in [1.82, 2.24) is 14.4 Å². The van der Waals surface area contributed by atoms with Crippen LogP contribution in [0.15, 0.2) is 65.7 Å². The van der Waals surface area contributed by atoms with Gasteiger partial charge >= 0.3 is 0 Å². The van der Waals surface area contributed by atoms with Gasteiger partial charge < -0.3 is 4.74 Å². The molecule has 0 radical (unpaired) electrons. The fourth-order valence-corrected chi connectivity index (χ4v) is 3.76. The summed E-state index contributed by atoms with van der Waals surface area (Å²) in [4.78, 5) is 21.8. The Balaban J connectivity index is 1.92. The number of carbonyl (C=O) groups excluding carboxylic acids is 1. The Morgan fingerprint density at radius 1 is 1.04 bits per heavy atom. The first-order chi connectivity index (χ1) is 12.8. The maximum atomic E-state index is 12.4. The molecule has 6 heteroatoms. The Kier molecular flexibility index (Phi) is 4.69. The molecule has 0 saturated carbocycles. The van der Waals surface area contributed by atoms with Crippen molar-refractivity contribution in [1.29, 1.82) is 0 Å².